The zero-order valence-corrected chi connectivity index (χ0v) is 17.3. The van der Waals surface area contributed by atoms with Gasteiger partial charge in [-0.2, -0.15) is 0 Å². The number of para-hydroxylation sites is 2. The average Bonchev–Trinajstić information content (AvgIpc) is 2.89. The van der Waals surface area contributed by atoms with Crippen molar-refractivity contribution in [1.82, 2.24) is 5.32 Å². The van der Waals surface area contributed by atoms with Gasteiger partial charge in [-0.3, -0.25) is 24.6 Å². The molecule has 0 saturated heterocycles. The predicted octanol–water partition coefficient (Wildman–Crippen LogP) is 2.02. The highest BCUT2D eigenvalue weighted by Crippen LogP contribution is 2.31. The summed E-state index contributed by atoms with van der Waals surface area (Å²) in [5.41, 5.74) is 1.44. The van der Waals surface area contributed by atoms with E-state index in [4.69, 9.17) is 9.47 Å². The molecule has 0 spiro atoms. The molecule has 0 radical (unpaired) electrons. The monoisotopic (exact) mass is 426 g/mol. The highest BCUT2D eigenvalue weighted by molar-refractivity contribution is 6.02. The zero-order chi connectivity index (χ0) is 22.2. The molecule has 0 fully saturated rings. The molecule has 1 heterocycles. The van der Waals surface area contributed by atoms with E-state index in [1.807, 2.05) is 30.3 Å². The molecule has 3 rings (SSSR count). The highest BCUT2D eigenvalue weighted by Gasteiger charge is 2.35. The highest BCUT2D eigenvalue weighted by atomic mass is 16.5. The van der Waals surface area contributed by atoms with Gasteiger partial charge in [-0.05, 0) is 37.5 Å². The molecule has 1 aliphatic heterocycles. The fraction of sp³-hybridized carbons (Fsp3) is 0.348. The summed E-state index contributed by atoms with van der Waals surface area (Å²) in [6.07, 6.45) is 1.02. The van der Waals surface area contributed by atoms with Crippen LogP contribution in [0.15, 0.2) is 54.6 Å². The number of esters is 1. The first kappa shape index (κ1) is 22.3. The lowest BCUT2D eigenvalue weighted by molar-refractivity contribution is -0.146. The van der Waals surface area contributed by atoms with Gasteiger partial charge in [-0.1, -0.05) is 42.5 Å². The lowest BCUT2D eigenvalue weighted by atomic mass is 10.0. The molecule has 2 atom stereocenters. The van der Waals surface area contributed by atoms with E-state index in [-0.39, 0.29) is 13.2 Å². The molecule has 8 nitrogen and oxygen atoms in total. The second kappa shape index (κ2) is 10.6. The van der Waals surface area contributed by atoms with Crippen molar-refractivity contribution in [3.63, 3.8) is 0 Å². The largest absolute Gasteiger partial charge is 0.489 e. The molecule has 164 valence electrons. The minimum absolute atomic E-state index is 0.0345. The molecule has 0 unspecified atom stereocenters. The number of amides is 1. The molecular weight excluding hydrogens is 400 g/mol. The Labute approximate surface area is 180 Å². The third-order valence-corrected chi connectivity index (χ3v) is 4.96. The van der Waals surface area contributed by atoms with Crippen LogP contribution in [0, 0.1) is 0 Å². The summed E-state index contributed by atoms with van der Waals surface area (Å²) < 4.78 is 11.0. The van der Waals surface area contributed by atoms with Crippen LogP contribution >= 0.6 is 0 Å². The number of carbonyl (C=O) groups is 3. The second-order valence-electron chi connectivity index (χ2n) is 7.15. The van der Waals surface area contributed by atoms with Crippen LogP contribution in [0.25, 0.3) is 0 Å². The lowest BCUT2D eigenvalue weighted by Gasteiger charge is -2.26. The van der Waals surface area contributed by atoms with Crippen LogP contribution in [-0.2, 0) is 25.5 Å². The van der Waals surface area contributed by atoms with E-state index in [0.29, 0.717) is 24.3 Å². The van der Waals surface area contributed by atoms with Crippen molar-refractivity contribution in [2.75, 3.05) is 24.7 Å². The number of anilines is 1. The van der Waals surface area contributed by atoms with Crippen molar-refractivity contribution in [2.24, 2.45) is 0 Å². The van der Waals surface area contributed by atoms with Crippen LogP contribution in [-0.4, -0.2) is 54.8 Å². The Hall–Kier alpha value is -3.39. The summed E-state index contributed by atoms with van der Waals surface area (Å²) in [7, 11) is 0. The normalized spacial score (nSPS) is 16.6. The fourth-order valence-electron chi connectivity index (χ4n) is 3.48. The second-order valence-corrected chi connectivity index (χ2v) is 7.15. The van der Waals surface area contributed by atoms with E-state index < -0.39 is 36.5 Å². The Balaban J connectivity index is 1.79. The van der Waals surface area contributed by atoms with Gasteiger partial charge in [-0.15, -0.1) is 0 Å². The van der Waals surface area contributed by atoms with Crippen LogP contribution in [0.4, 0.5) is 5.69 Å². The Morgan fingerprint density at radius 2 is 1.90 bits per heavy atom. The smallest absolute Gasteiger partial charge is 0.323 e. The van der Waals surface area contributed by atoms with Gasteiger partial charge in [-0.25, -0.2) is 0 Å². The van der Waals surface area contributed by atoms with Crippen molar-refractivity contribution in [1.29, 1.82) is 0 Å². The van der Waals surface area contributed by atoms with Crippen molar-refractivity contribution in [3.8, 4) is 5.75 Å². The SMILES string of the molecule is CCOC(=O)[C@@H](CCc1ccccc1)N[C@H]1COc2ccccc2N(CC(=O)O)C1=O. The number of nitrogens with one attached hydrogen (secondary N) is 1. The third-order valence-electron chi connectivity index (χ3n) is 4.96. The number of ether oxygens (including phenoxy) is 2. The third kappa shape index (κ3) is 5.82. The number of carbonyl (C=O) groups excluding carboxylic acids is 2. The lowest BCUT2D eigenvalue weighted by Crippen LogP contribution is -2.55. The summed E-state index contributed by atoms with van der Waals surface area (Å²) in [6, 6.07) is 14.8. The molecule has 0 aliphatic carbocycles. The van der Waals surface area contributed by atoms with Gasteiger partial charge in [0.2, 0.25) is 5.91 Å². The summed E-state index contributed by atoms with van der Waals surface area (Å²) in [5.74, 6) is -1.66. The molecule has 8 heteroatoms. The summed E-state index contributed by atoms with van der Waals surface area (Å²) in [6.45, 7) is 1.39. The number of rotatable bonds is 9. The number of benzene rings is 2. The topological polar surface area (TPSA) is 105 Å². The first-order chi connectivity index (χ1) is 15.0. The molecular formula is C23H26N2O6. The average molecular weight is 426 g/mol. The number of aryl methyl sites for hydroxylation is 1. The van der Waals surface area contributed by atoms with E-state index in [1.165, 1.54) is 4.90 Å². The van der Waals surface area contributed by atoms with Crippen LogP contribution in [0.3, 0.4) is 0 Å². The molecule has 0 saturated carbocycles. The van der Waals surface area contributed by atoms with E-state index in [1.54, 1.807) is 31.2 Å². The first-order valence-electron chi connectivity index (χ1n) is 10.2. The quantitative estimate of drug-likeness (QED) is 0.591. The number of carboxylic acids is 1. The van der Waals surface area contributed by atoms with Crippen molar-refractivity contribution in [2.45, 2.75) is 31.8 Å². The minimum Gasteiger partial charge on any atom is -0.489 e. The zero-order valence-electron chi connectivity index (χ0n) is 17.3. The van der Waals surface area contributed by atoms with E-state index in [2.05, 4.69) is 5.32 Å². The standard InChI is InChI=1S/C23H26N2O6/c1-2-30-23(29)17(13-12-16-8-4-3-5-9-16)24-18-15-31-20-11-7-6-10-19(20)25(22(18)28)14-21(26)27/h3-11,17-18,24H,2,12-15H2,1H3,(H,26,27)/t17-,18+/m1/s1. The van der Waals surface area contributed by atoms with Crippen LogP contribution in [0.5, 0.6) is 5.75 Å². The Morgan fingerprint density at radius 3 is 2.61 bits per heavy atom. The molecule has 1 amide bonds. The van der Waals surface area contributed by atoms with Gasteiger partial charge in [0.25, 0.3) is 0 Å². The maximum Gasteiger partial charge on any atom is 0.323 e. The summed E-state index contributed by atoms with van der Waals surface area (Å²) in [4.78, 5) is 38.3. The number of aliphatic carboxylic acids is 1. The van der Waals surface area contributed by atoms with E-state index >= 15 is 0 Å². The number of hydrogen-bond donors (Lipinski definition) is 2. The van der Waals surface area contributed by atoms with Gasteiger partial charge in [0, 0.05) is 0 Å². The predicted molar refractivity (Wildman–Crippen MR) is 114 cm³/mol. The minimum atomic E-state index is -1.14. The fourth-order valence-corrected chi connectivity index (χ4v) is 3.48. The van der Waals surface area contributed by atoms with E-state index in [9.17, 15) is 19.5 Å². The summed E-state index contributed by atoms with van der Waals surface area (Å²) in [5, 5.41) is 12.4. The van der Waals surface area contributed by atoms with Gasteiger partial charge in [0.1, 0.15) is 31.0 Å². The van der Waals surface area contributed by atoms with Crippen LogP contribution in [0.2, 0.25) is 0 Å². The molecule has 2 aromatic carbocycles. The molecule has 31 heavy (non-hydrogen) atoms. The van der Waals surface area contributed by atoms with Crippen molar-refractivity contribution in [3.05, 3.63) is 60.2 Å². The Bertz CT molecular complexity index is 917. The van der Waals surface area contributed by atoms with Gasteiger partial charge >= 0.3 is 11.9 Å². The van der Waals surface area contributed by atoms with Gasteiger partial charge < -0.3 is 14.6 Å². The number of hydrogen-bond acceptors (Lipinski definition) is 6. The summed E-state index contributed by atoms with van der Waals surface area (Å²) >= 11 is 0. The molecule has 1 aliphatic rings. The van der Waals surface area contributed by atoms with Crippen molar-refractivity contribution >= 4 is 23.5 Å². The Kier molecular flexibility index (Phi) is 7.61. The van der Waals surface area contributed by atoms with Crippen LogP contribution in [0.1, 0.15) is 18.9 Å². The maximum atomic E-state index is 13.2. The maximum absolute atomic E-state index is 13.2. The number of fused-ring (bicyclic) bond motifs is 1. The molecule has 0 aromatic heterocycles. The molecule has 0 bridgehead atoms. The van der Waals surface area contributed by atoms with Crippen LogP contribution < -0.4 is 15.0 Å². The molecule has 2 aromatic rings. The number of carboxylic acid groups (broad SMARTS) is 1. The van der Waals surface area contributed by atoms with E-state index in [0.717, 1.165) is 5.56 Å². The Morgan fingerprint density at radius 1 is 1.19 bits per heavy atom. The van der Waals surface area contributed by atoms with Crippen molar-refractivity contribution < 1.29 is 29.0 Å². The first-order valence-corrected chi connectivity index (χ1v) is 10.2. The van der Waals surface area contributed by atoms with Gasteiger partial charge in [0.05, 0.1) is 12.3 Å². The molecule has 2 N–H and O–H groups in total. The number of nitrogens with zero attached hydrogens (tertiary/aromatic N) is 1. The van der Waals surface area contributed by atoms with Gasteiger partial charge in [0.15, 0.2) is 0 Å².